The number of amides is 1. The number of anilines is 1. The molecule has 6 heteroatoms. The first-order valence-electron chi connectivity index (χ1n) is 9.17. The third-order valence-corrected chi connectivity index (χ3v) is 6.32. The number of nitrogens with two attached hydrogens (primary N) is 1. The molecule has 0 saturated heterocycles. The fourth-order valence-electron chi connectivity index (χ4n) is 4.83. The van der Waals surface area contributed by atoms with Gasteiger partial charge in [-0.1, -0.05) is 6.42 Å². The van der Waals surface area contributed by atoms with E-state index >= 15 is 0 Å². The fraction of sp³-hybridized carbons (Fsp3) is 0.579. The molecule has 6 nitrogen and oxygen atoms in total. The van der Waals surface area contributed by atoms with Gasteiger partial charge in [0.2, 0.25) is 5.91 Å². The highest BCUT2D eigenvalue weighted by atomic mass is 16.2. The number of nitrogens with one attached hydrogen (secondary N) is 1. The molecule has 2 bridgehead atoms. The van der Waals surface area contributed by atoms with E-state index < -0.39 is 0 Å². The van der Waals surface area contributed by atoms with Gasteiger partial charge in [0.05, 0.1) is 11.0 Å². The van der Waals surface area contributed by atoms with Crippen LogP contribution >= 0.6 is 0 Å². The molecule has 3 N–H and O–H groups in total. The van der Waals surface area contributed by atoms with Gasteiger partial charge < -0.3 is 11.1 Å². The fourth-order valence-corrected chi connectivity index (χ4v) is 4.83. The van der Waals surface area contributed by atoms with Gasteiger partial charge in [0.15, 0.2) is 0 Å². The Morgan fingerprint density at radius 1 is 1.12 bits per heavy atom. The summed E-state index contributed by atoms with van der Waals surface area (Å²) in [6.45, 7) is 0. The molecule has 2 aromatic rings. The zero-order valence-corrected chi connectivity index (χ0v) is 14.9. The van der Waals surface area contributed by atoms with Crippen molar-refractivity contribution in [2.75, 3.05) is 5.32 Å². The summed E-state index contributed by atoms with van der Waals surface area (Å²) in [6, 6.07) is 5.91. The summed E-state index contributed by atoms with van der Waals surface area (Å²) in [6.07, 6.45) is 5.35. The van der Waals surface area contributed by atoms with E-state index in [1.54, 1.807) is 23.2 Å². The maximum Gasteiger partial charge on any atom is 0.328 e. The van der Waals surface area contributed by atoms with E-state index in [9.17, 15) is 9.59 Å². The van der Waals surface area contributed by atoms with Gasteiger partial charge in [-0.05, 0) is 55.7 Å². The number of hydrogen-bond acceptors (Lipinski definition) is 3. The van der Waals surface area contributed by atoms with Crippen LogP contribution in [0.5, 0.6) is 0 Å². The number of aryl methyl sites for hydroxylation is 2. The minimum absolute atomic E-state index is 0.0467. The standard InChI is InChI=1S/C19H26N4O2/c1-22-15-7-6-14(10-16(15)23(2)19(22)25)21-18(24)13-8-11-4-3-5-12(9-13)17(11)20/h6-7,10-13,17H,3-5,8-9,20H2,1-2H3,(H,21,24). The van der Waals surface area contributed by atoms with Gasteiger partial charge in [-0.2, -0.15) is 0 Å². The van der Waals surface area contributed by atoms with E-state index in [-0.39, 0.29) is 23.6 Å². The molecule has 1 aromatic carbocycles. The molecule has 2 fully saturated rings. The monoisotopic (exact) mass is 342 g/mol. The second-order valence-electron chi connectivity index (χ2n) is 7.79. The van der Waals surface area contributed by atoms with E-state index in [1.807, 2.05) is 18.2 Å². The van der Waals surface area contributed by atoms with Crippen molar-refractivity contribution in [3.63, 3.8) is 0 Å². The molecular weight excluding hydrogens is 316 g/mol. The number of fused-ring (bicyclic) bond motifs is 3. The zero-order valence-electron chi connectivity index (χ0n) is 14.9. The summed E-state index contributed by atoms with van der Waals surface area (Å²) in [5, 5.41) is 3.06. The number of benzene rings is 1. The van der Waals surface area contributed by atoms with E-state index in [2.05, 4.69) is 5.32 Å². The highest BCUT2D eigenvalue weighted by Gasteiger charge is 2.40. The third kappa shape index (κ3) is 2.68. The van der Waals surface area contributed by atoms with Crippen LogP contribution in [0.4, 0.5) is 5.69 Å². The van der Waals surface area contributed by atoms with Crippen molar-refractivity contribution in [1.29, 1.82) is 0 Å². The minimum Gasteiger partial charge on any atom is -0.327 e. The van der Waals surface area contributed by atoms with E-state index in [4.69, 9.17) is 5.73 Å². The maximum absolute atomic E-state index is 12.8. The van der Waals surface area contributed by atoms with Crippen molar-refractivity contribution < 1.29 is 4.79 Å². The van der Waals surface area contributed by atoms with Crippen LogP contribution in [0.1, 0.15) is 32.1 Å². The van der Waals surface area contributed by atoms with Crippen LogP contribution in [0.25, 0.3) is 11.0 Å². The predicted octanol–water partition coefficient (Wildman–Crippen LogP) is 1.97. The lowest BCUT2D eigenvalue weighted by Crippen LogP contribution is -2.48. The summed E-state index contributed by atoms with van der Waals surface area (Å²) in [4.78, 5) is 24.8. The summed E-state index contributed by atoms with van der Waals surface area (Å²) < 4.78 is 3.22. The lowest BCUT2D eigenvalue weighted by molar-refractivity contribution is -0.122. The number of hydrogen-bond donors (Lipinski definition) is 2. The third-order valence-electron chi connectivity index (χ3n) is 6.32. The van der Waals surface area contributed by atoms with Crippen molar-refractivity contribution in [2.24, 2.45) is 37.6 Å². The Labute approximate surface area is 147 Å². The average Bonchev–Trinajstić information content (AvgIpc) is 2.79. The Balaban J connectivity index is 1.54. The van der Waals surface area contributed by atoms with Crippen molar-refractivity contribution in [1.82, 2.24) is 9.13 Å². The second kappa shape index (κ2) is 6.02. The van der Waals surface area contributed by atoms with E-state index in [0.717, 1.165) is 42.4 Å². The number of nitrogens with zero attached hydrogens (tertiary/aromatic N) is 2. The summed E-state index contributed by atoms with van der Waals surface area (Å²) in [5.41, 5.74) is 8.71. The number of carbonyl (C=O) groups is 1. The van der Waals surface area contributed by atoms with Gasteiger partial charge in [-0.15, -0.1) is 0 Å². The Kier molecular flexibility index (Phi) is 3.95. The van der Waals surface area contributed by atoms with Gasteiger partial charge in [0.25, 0.3) is 0 Å². The number of aromatic nitrogens is 2. The smallest absolute Gasteiger partial charge is 0.327 e. The molecule has 2 saturated carbocycles. The van der Waals surface area contributed by atoms with Gasteiger partial charge in [-0.25, -0.2) is 4.79 Å². The molecule has 2 unspecified atom stereocenters. The Morgan fingerprint density at radius 2 is 1.76 bits per heavy atom. The Hall–Kier alpha value is -2.08. The van der Waals surface area contributed by atoms with Crippen LogP contribution in [-0.2, 0) is 18.9 Å². The van der Waals surface area contributed by atoms with Crippen molar-refractivity contribution in [3.8, 4) is 0 Å². The number of imidazole rings is 1. The molecule has 25 heavy (non-hydrogen) atoms. The Morgan fingerprint density at radius 3 is 2.44 bits per heavy atom. The van der Waals surface area contributed by atoms with Crippen LogP contribution < -0.4 is 16.7 Å². The van der Waals surface area contributed by atoms with Gasteiger partial charge in [0.1, 0.15) is 0 Å². The molecule has 1 aromatic heterocycles. The molecule has 2 aliphatic rings. The van der Waals surface area contributed by atoms with Crippen LogP contribution in [0.15, 0.2) is 23.0 Å². The quantitative estimate of drug-likeness (QED) is 0.875. The van der Waals surface area contributed by atoms with Gasteiger partial charge in [0, 0.05) is 31.7 Å². The first-order chi connectivity index (χ1) is 12.0. The van der Waals surface area contributed by atoms with Crippen molar-refractivity contribution >= 4 is 22.6 Å². The zero-order chi connectivity index (χ0) is 17.7. The largest absolute Gasteiger partial charge is 0.328 e. The van der Waals surface area contributed by atoms with E-state index in [1.165, 1.54) is 6.42 Å². The molecule has 134 valence electrons. The summed E-state index contributed by atoms with van der Waals surface area (Å²) in [7, 11) is 3.51. The highest BCUT2D eigenvalue weighted by Crippen LogP contribution is 2.42. The number of carbonyl (C=O) groups excluding carboxylic acids is 1. The molecule has 1 amide bonds. The van der Waals surface area contributed by atoms with Crippen molar-refractivity contribution in [3.05, 3.63) is 28.7 Å². The summed E-state index contributed by atoms with van der Waals surface area (Å²) >= 11 is 0. The molecular formula is C19H26N4O2. The lowest BCUT2D eigenvalue weighted by Gasteiger charge is -2.43. The van der Waals surface area contributed by atoms with Gasteiger partial charge >= 0.3 is 5.69 Å². The first kappa shape index (κ1) is 16.4. The van der Waals surface area contributed by atoms with Crippen molar-refractivity contribution in [2.45, 2.75) is 38.1 Å². The maximum atomic E-state index is 12.8. The predicted molar refractivity (Wildman–Crippen MR) is 98.3 cm³/mol. The summed E-state index contributed by atoms with van der Waals surface area (Å²) in [5.74, 6) is 1.11. The molecule has 1 heterocycles. The molecule has 0 radical (unpaired) electrons. The number of rotatable bonds is 2. The van der Waals surface area contributed by atoms with Crippen LogP contribution in [0.3, 0.4) is 0 Å². The first-order valence-corrected chi connectivity index (χ1v) is 9.17. The highest BCUT2D eigenvalue weighted by molar-refractivity contribution is 5.94. The SMILES string of the molecule is Cn1c(=O)n(C)c2cc(NC(=O)C3CC4CCCC(C3)C4N)ccc21. The molecule has 0 spiro atoms. The Bertz CT molecular complexity index is 867. The minimum atomic E-state index is -0.0624. The topological polar surface area (TPSA) is 82.0 Å². The van der Waals surface area contributed by atoms with Crippen LogP contribution in [0.2, 0.25) is 0 Å². The molecule has 2 aliphatic carbocycles. The van der Waals surface area contributed by atoms with Gasteiger partial charge in [-0.3, -0.25) is 13.9 Å². The second-order valence-corrected chi connectivity index (χ2v) is 7.79. The van der Waals surface area contributed by atoms with Crippen LogP contribution in [0, 0.1) is 17.8 Å². The molecule has 4 rings (SSSR count). The average molecular weight is 342 g/mol. The normalized spacial score (nSPS) is 28.9. The lowest BCUT2D eigenvalue weighted by atomic mass is 9.65. The molecule has 2 atom stereocenters. The van der Waals surface area contributed by atoms with E-state index in [0.29, 0.717) is 11.8 Å². The van der Waals surface area contributed by atoms with Crippen LogP contribution in [-0.4, -0.2) is 21.1 Å². The molecule has 0 aliphatic heterocycles.